The summed E-state index contributed by atoms with van der Waals surface area (Å²) in [6.45, 7) is 17.5. The molecule has 2 unspecified atom stereocenters. The first-order chi connectivity index (χ1) is 29.4. The van der Waals surface area contributed by atoms with Crippen LogP contribution >= 0.6 is 23.2 Å². The van der Waals surface area contributed by atoms with Gasteiger partial charge in [0, 0.05) is 27.3 Å². The fraction of sp³-hybridized carbons (Fsp3) is 0.436. The highest BCUT2D eigenvalue weighted by Gasteiger charge is 2.29. The predicted octanol–water partition coefficient (Wildman–Crippen LogP) is 17.1. The van der Waals surface area contributed by atoms with Crippen LogP contribution in [0.4, 0.5) is 22.7 Å². The highest BCUT2D eigenvalue weighted by atomic mass is 35.5. The van der Waals surface area contributed by atoms with E-state index in [4.69, 9.17) is 23.2 Å². The van der Waals surface area contributed by atoms with E-state index >= 15 is 0 Å². The third-order valence-electron chi connectivity index (χ3n) is 12.6. The number of nitrogens with one attached hydrogen (secondary N) is 2. The number of carbonyl (C=O) groups excluding carboxylic acids is 1. The average molecular weight is 861 g/mol. The Bertz CT molecular complexity index is 2090. The molecule has 2 aliphatic carbocycles. The van der Waals surface area contributed by atoms with Crippen LogP contribution in [-0.2, 0) is 11.2 Å². The van der Waals surface area contributed by atoms with Gasteiger partial charge in [0.1, 0.15) is 0 Å². The summed E-state index contributed by atoms with van der Waals surface area (Å²) in [6.07, 6.45) is 12.5. The second-order valence-electron chi connectivity index (χ2n) is 18.1. The number of hydrazine groups is 1. The SMILES string of the molecule is CC(C)C1CCc2cc(C3CCCCC3)c(Cl)cc21.CCCCC(C(=O)N(Nc1ccccc1)c1ccccc1)C(C)C.Cc1c(Cl)cccc1Nc1ccccc1C(C)C. The van der Waals surface area contributed by atoms with E-state index in [1.54, 1.807) is 16.1 Å². The Kier molecular flexibility index (Phi) is 18.7. The van der Waals surface area contributed by atoms with Crippen molar-refractivity contribution in [3.63, 3.8) is 0 Å². The van der Waals surface area contributed by atoms with Gasteiger partial charge in [-0.25, -0.2) is 5.01 Å². The van der Waals surface area contributed by atoms with Crippen molar-refractivity contribution in [2.45, 2.75) is 137 Å². The van der Waals surface area contributed by atoms with Crippen molar-refractivity contribution < 1.29 is 4.79 Å². The maximum absolute atomic E-state index is 13.3. The number of unbranched alkanes of at least 4 members (excludes halogenated alkanes) is 1. The summed E-state index contributed by atoms with van der Waals surface area (Å²) in [7, 11) is 0. The van der Waals surface area contributed by atoms with Crippen molar-refractivity contribution in [1.29, 1.82) is 0 Å². The van der Waals surface area contributed by atoms with Crippen LogP contribution in [0.3, 0.4) is 0 Å². The molecule has 0 aromatic heterocycles. The molecule has 4 nitrogen and oxygen atoms in total. The van der Waals surface area contributed by atoms with Crippen molar-refractivity contribution in [1.82, 2.24) is 0 Å². The molecule has 1 saturated carbocycles. The van der Waals surface area contributed by atoms with Crippen molar-refractivity contribution in [2.24, 2.45) is 17.8 Å². The van der Waals surface area contributed by atoms with Gasteiger partial charge in [-0.2, -0.15) is 0 Å². The first kappa shape index (κ1) is 47.8. The molecule has 0 heterocycles. The van der Waals surface area contributed by atoms with Crippen LogP contribution in [-0.4, -0.2) is 5.91 Å². The Labute approximate surface area is 378 Å². The van der Waals surface area contributed by atoms with Crippen LogP contribution in [0.5, 0.6) is 0 Å². The molecule has 2 N–H and O–H groups in total. The van der Waals surface area contributed by atoms with Gasteiger partial charge in [0.15, 0.2) is 0 Å². The molecule has 6 heteroatoms. The van der Waals surface area contributed by atoms with E-state index in [-0.39, 0.29) is 11.8 Å². The molecule has 5 aromatic carbocycles. The number of para-hydroxylation sites is 3. The van der Waals surface area contributed by atoms with Gasteiger partial charge in [-0.3, -0.25) is 10.2 Å². The largest absolute Gasteiger partial charge is 0.355 e. The second-order valence-corrected chi connectivity index (χ2v) is 18.9. The lowest BCUT2D eigenvalue weighted by molar-refractivity contribution is -0.123. The van der Waals surface area contributed by atoms with Crippen LogP contribution in [0.1, 0.15) is 152 Å². The van der Waals surface area contributed by atoms with Crippen LogP contribution in [0, 0.1) is 24.7 Å². The van der Waals surface area contributed by atoms with Crippen molar-refractivity contribution in [3.8, 4) is 0 Å². The van der Waals surface area contributed by atoms with Crippen molar-refractivity contribution in [2.75, 3.05) is 15.8 Å². The normalized spacial score (nSPS) is 15.3. The first-order valence-electron chi connectivity index (χ1n) is 23.0. The number of aryl methyl sites for hydroxylation is 1. The molecule has 326 valence electrons. The van der Waals surface area contributed by atoms with E-state index < -0.39 is 0 Å². The molecule has 61 heavy (non-hydrogen) atoms. The Hall–Kier alpha value is -4.25. The van der Waals surface area contributed by atoms with Gasteiger partial charge in [-0.05, 0) is 145 Å². The van der Waals surface area contributed by atoms with Crippen LogP contribution in [0.2, 0.25) is 10.0 Å². The zero-order valence-electron chi connectivity index (χ0n) is 38.1. The number of amides is 1. The lowest BCUT2D eigenvalue weighted by Crippen LogP contribution is -2.42. The molecule has 7 rings (SSSR count). The average Bonchev–Trinajstić information content (AvgIpc) is 3.68. The minimum atomic E-state index is 0.0152. The summed E-state index contributed by atoms with van der Waals surface area (Å²) < 4.78 is 0. The molecular formula is C55H71Cl2N3O. The van der Waals surface area contributed by atoms with Crippen LogP contribution < -0.4 is 15.8 Å². The van der Waals surface area contributed by atoms with E-state index in [9.17, 15) is 4.79 Å². The number of nitrogens with zero attached hydrogens (tertiary/aromatic N) is 1. The molecule has 0 saturated heterocycles. The quantitative estimate of drug-likeness (QED) is 0.116. The van der Waals surface area contributed by atoms with Gasteiger partial charge in [0.2, 0.25) is 5.91 Å². The van der Waals surface area contributed by atoms with E-state index in [1.165, 1.54) is 56.1 Å². The van der Waals surface area contributed by atoms with Crippen molar-refractivity contribution >= 4 is 51.9 Å². The summed E-state index contributed by atoms with van der Waals surface area (Å²) in [6, 6.07) is 38.7. The number of fused-ring (bicyclic) bond motifs is 1. The van der Waals surface area contributed by atoms with Crippen molar-refractivity contribution in [3.05, 3.63) is 153 Å². The molecule has 1 amide bonds. The maximum atomic E-state index is 13.3. The van der Waals surface area contributed by atoms with Crippen LogP contribution in [0.15, 0.2) is 115 Å². The van der Waals surface area contributed by atoms with Gasteiger partial charge in [0.05, 0.1) is 11.4 Å². The van der Waals surface area contributed by atoms with Gasteiger partial charge < -0.3 is 5.32 Å². The zero-order valence-corrected chi connectivity index (χ0v) is 39.6. The second kappa shape index (κ2) is 23.8. The summed E-state index contributed by atoms with van der Waals surface area (Å²) in [5.74, 6) is 3.14. The Morgan fingerprint density at radius 1 is 0.721 bits per heavy atom. The number of anilines is 4. The summed E-state index contributed by atoms with van der Waals surface area (Å²) in [5.41, 5.74) is 14.3. The van der Waals surface area contributed by atoms with E-state index in [1.807, 2.05) is 85.8 Å². The Balaban J connectivity index is 0.000000175. The molecule has 5 aromatic rings. The molecule has 2 aliphatic rings. The fourth-order valence-corrected chi connectivity index (χ4v) is 9.40. The van der Waals surface area contributed by atoms with Gasteiger partial charge >= 0.3 is 0 Å². The smallest absolute Gasteiger partial charge is 0.248 e. The highest BCUT2D eigenvalue weighted by Crippen LogP contribution is 2.44. The number of halogens is 2. The molecular weight excluding hydrogens is 790 g/mol. The molecule has 0 radical (unpaired) electrons. The van der Waals surface area contributed by atoms with E-state index in [0.29, 0.717) is 11.8 Å². The zero-order chi connectivity index (χ0) is 43.9. The molecule has 1 fully saturated rings. The molecule has 2 atom stereocenters. The minimum absolute atomic E-state index is 0.0152. The Morgan fingerprint density at radius 3 is 2.00 bits per heavy atom. The lowest BCUT2D eigenvalue weighted by Gasteiger charge is -2.30. The number of hydrogen-bond donors (Lipinski definition) is 2. The van der Waals surface area contributed by atoms with Crippen LogP contribution in [0.25, 0.3) is 0 Å². The third kappa shape index (κ3) is 13.4. The van der Waals surface area contributed by atoms with E-state index in [0.717, 1.165) is 75.4 Å². The Morgan fingerprint density at radius 2 is 1.36 bits per heavy atom. The monoisotopic (exact) mass is 859 g/mol. The highest BCUT2D eigenvalue weighted by molar-refractivity contribution is 6.32. The number of hydrogen-bond acceptors (Lipinski definition) is 3. The molecule has 0 aliphatic heterocycles. The van der Waals surface area contributed by atoms with Gasteiger partial charge in [-0.1, -0.05) is 171 Å². The van der Waals surface area contributed by atoms with E-state index in [2.05, 4.69) is 95.6 Å². The lowest BCUT2D eigenvalue weighted by atomic mass is 9.82. The fourth-order valence-electron chi connectivity index (χ4n) is 8.90. The summed E-state index contributed by atoms with van der Waals surface area (Å²) in [5, 5.41) is 7.02. The van der Waals surface area contributed by atoms with Gasteiger partial charge in [0.25, 0.3) is 0 Å². The summed E-state index contributed by atoms with van der Waals surface area (Å²) >= 11 is 12.8. The maximum Gasteiger partial charge on any atom is 0.248 e. The first-order valence-corrected chi connectivity index (χ1v) is 23.8. The predicted molar refractivity (Wildman–Crippen MR) is 265 cm³/mol. The number of rotatable bonds is 13. The van der Waals surface area contributed by atoms with Gasteiger partial charge in [-0.15, -0.1) is 0 Å². The molecule has 0 spiro atoms. The topological polar surface area (TPSA) is 44.4 Å². The standard InChI is InChI=1S/C21H28N2O.C18H25Cl.C16H18ClN/c1-4-5-16-20(17(2)3)21(24)23(19-14-10-7-11-15-19)22-18-12-8-6-9-13-18;1-12(2)15-9-8-14-10-17(18(19)11-16(14)15)13-6-4-3-5-7-13;1-11(2)13-7-4-5-9-16(13)18-15-10-6-8-14(17)12(15)3/h6-15,17,20,22H,4-5,16H2,1-3H3;10-13,15H,3-9H2,1-2H3;4-11,18H,1-3H3. The number of carbonyl (C=O) groups is 1. The third-order valence-corrected chi connectivity index (χ3v) is 13.3. The summed E-state index contributed by atoms with van der Waals surface area (Å²) in [4.78, 5) is 13.3. The number of benzene rings is 5. The minimum Gasteiger partial charge on any atom is -0.355 e. The molecule has 0 bridgehead atoms.